The zero-order valence-electron chi connectivity index (χ0n) is 6.90. The Morgan fingerprint density at radius 2 is 2.42 bits per heavy atom. The smallest absolute Gasteiger partial charge is 0.244 e. The average Bonchev–Trinajstić information content (AvgIpc) is 2.35. The predicted molar refractivity (Wildman–Crippen MR) is 49.7 cm³/mol. The third-order valence-corrected chi connectivity index (χ3v) is 2.39. The standard InChI is InChI=1S/C8H9NO2S/c1-6-3-8(12-5-6)4-7(2)9(10)11/h3-5H,1-2H3. The Morgan fingerprint density at radius 3 is 2.83 bits per heavy atom. The summed E-state index contributed by atoms with van der Waals surface area (Å²) in [5.74, 6) is 0. The van der Waals surface area contributed by atoms with Gasteiger partial charge in [-0.3, -0.25) is 10.1 Å². The Morgan fingerprint density at radius 1 is 1.75 bits per heavy atom. The molecule has 1 aromatic rings. The summed E-state index contributed by atoms with van der Waals surface area (Å²) in [6.45, 7) is 3.46. The second-order valence-corrected chi connectivity index (χ2v) is 3.51. The molecule has 3 nitrogen and oxygen atoms in total. The summed E-state index contributed by atoms with van der Waals surface area (Å²) in [6.07, 6.45) is 1.58. The molecule has 0 aliphatic heterocycles. The van der Waals surface area contributed by atoms with Crippen molar-refractivity contribution >= 4 is 17.4 Å². The Kier molecular flexibility index (Phi) is 2.60. The molecule has 0 bridgehead atoms. The van der Waals surface area contributed by atoms with E-state index in [0.29, 0.717) is 0 Å². The van der Waals surface area contributed by atoms with Gasteiger partial charge in [0.2, 0.25) is 5.70 Å². The highest BCUT2D eigenvalue weighted by Gasteiger charge is 2.02. The van der Waals surface area contributed by atoms with Crippen molar-refractivity contribution in [2.75, 3.05) is 0 Å². The summed E-state index contributed by atoms with van der Waals surface area (Å²) in [4.78, 5) is 10.8. The lowest BCUT2D eigenvalue weighted by Gasteiger charge is -1.86. The largest absolute Gasteiger partial charge is 0.259 e. The maximum absolute atomic E-state index is 10.3. The van der Waals surface area contributed by atoms with E-state index < -0.39 is 0 Å². The number of nitro groups is 1. The number of rotatable bonds is 2. The first kappa shape index (κ1) is 8.93. The van der Waals surface area contributed by atoms with Crippen molar-refractivity contribution in [3.05, 3.63) is 37.7 Å². The van der Waals surface area contributed by atoms with Crippen LogP contribution in [0.15, 0.2) is 17.1 Å². The van der Waals surface area contributed by atoms with Crippen LogP contribution in [0.25, 0.3) is 6.08 Å². The van der Waals surface area contributed by atoms with Gasteiger partial charge in [0.05, 0.1) is 4.92 Å². The van der Waals surface area contributed by atoms with E-state index in [4.69, 9.17) is 0 Å². The van der Waals surface area contributed by atoms with Crippen molar-refractivity contribution in [1.82, 2.24) is 0 Å². The fourth-order valence-corrected chi connectivity index (χ4v) is 1.67. The molecular weight excluding hydrogens is 174 g/mol. The molecule has 0 radical (unpaired) electrons. The molecule has 0 atom stereocenters. The van der Waals surface area contributed by atoms with Gasteiger partial charge in [-0.15, -0.1) is 11.3 Å². The molecule has 0 aliphatic rings. The summed E-state index contributed by atoms with van der Waals surface area (Å²) < 4.78 is 0. The molecule has 0 spiro atoms. The zero-order valence-corrected chi connectivity index (χ0v) is 7.72. The molecule has 0 saturated carbocycles. The minimum Gasteiger partial charge on any atom is -0.259 e. The van der Waals surface area contributed by atoms with Crippen LogP contribution in [0.5, 0.6) is 0 Å². The SMILES string of the molecule is CC(=Cc1cc(C)cs1)[N+](=O)[O-]. The van der Waals surface area contributed by atoms with Crippen molar-refractivity contribution < 1.29 is 4.92 Å². The molecular formula is C8H9NO2S. The van der Waals surface area contributed by atoms with E-state index in [-0.39, 0.29) is 10.6 Å². The molecule has 0 fully saturated rings. The van der Waals surface area contributed by atoms with Crippen LogP contribution in [0.1, 0.15) is 17.4 Å². The van der Waals surface area contributed by atoms with Crippen molar-refractivity contribution in [2.24, 2.45) is 0 Å². The number of allylic oxidation sites excluding steroid dienone is 1. The lowest BCUT2D eigenvalue weighted by atomic mass is 10.3. The summed E-state index contributed by atoms with van der Waals surface area (Å²) >= 11 is 1.51. The zero-order chi connectivity index (χ0) is 9.14. The molecule has 12 heavy (non-hydrogen) atoms. The number of hydrogen-bond donors (Lipinski definition) is 0. The number of nitrogens with zero attached hydrogens (tertiary/aromatic N) is 1. The molecule has 1 heterocycles. The van der Waals surface area contributed by atoms with Crippen LogP contribution < -0.4 is 0 Å². The van der Waals surface area contributed by atoms with Gasteiger partial charge in [0.25, 0.3) is 0 Å². The molecule has 0 N–H and O–H groups in total. The van der Waals surface area contributed by atoms with Crippen LogP contribution >= 0.6 is 11.3 Å². The molecule has 0 unspecified atom stereocenters. The van der Waals surface area contributed by atoms with E-state index in [9.17, 15) is 10.1 Å². The molecule has 0 saturated heterocycles. The predicted octanol–water partition coefficient (Wildman–Crippen LogP) is 2.69. The normalized spacial score (nSPS) is 11.7. The van der Waals surface area contributed by atoms with E-state index in [1.54, 1.807) is 6.08 Å². The molecule has 0 aromatic carbocycles. The van der Waals surface area contributed by atoms with Gasteiger partial charge in [-0.05, 0) is 23.9 Å². The van der Waals surface area contributed by atoms with Crippen LogP contribution in [0.2, 0.25) is 0 Å². The van der Waals surface area contributed by atoms with Crippen LogP contribution in [-0.4, -0.2) is 4.92 Å². The average molecular weight is 183 g/mol. The van der Waals surface area contributed by atoms with Crippen LogP contribution in [0.3, 0.4) is 0 Å². The Bertz CT molecular complexity index is 328. The van der Waals surface area contributed by atoms with Gasteiger partial charge in [0.15, 0.2) is 0 Å². The fraction of sp³-hybridized carbons (Fsp3) is 0.250. The first-order valence-corrected chi connectivity index (χ1v) is 4.35. The molecule has 1 aromatic heterocycles. The minimum absolute atomic E-state index is 0.178. The van der Waals surface area contributed by atoms with Gasteiger partial charge in [-0.25, -0.2) is 0 Å². The topological polar surface area (TPSA) is 43.1 Å². The van der Waals surface area contributed by atoms with E-state index >= 15 is 0 Å². The highest BCUT2D eigenvalue weighted by molar-refractivity contribution is 7.11. The van der Waals surface area contributed by atoms with Gasteiger partial charge >= 0.3 is 0 Å². The maximum Gasteiger partial charge on any atom is 0.244 e. The monoisotopic (exact) mass is 183 g/mol. The van der Waals surface area contributed by atoms with Crippen molar-refractivity contribution in [3.8, 4) is 0 Å². The molecule has 0 amide bonds. The number of thiophene rings is 1. The second kappa shape index (κ2) is 3.49. The minimum atomic E-state index is -0.380. The Labute approximate surface area is 74.5 Å². The summed E-state index contributed by atoms with van der Waals surface area (Å²) in [5.41, 5.74) is 1.32. The van der Waals surface area contributed by atoms with Gasteiger partial charge in [0.1, 0.15) is 0 Å². The Balaban J connectivity index is 2.87. The van der Waals surface area contributed by atoms with Gasteiger partial charge in [0, 0.05) is 17.9 Å². The molecule has 0 aliphatic carbocycles. The first-order valence-electron chi connectivity index (χ1n) is 3.47. The third kappa shape index (κ3) is 2.17. The van der Waals surface area contributed by atoms with Crippen molar-refractivity contribution in [2.45, 2.75) is 13.8 Å². The van der Waals surface area contributed by atoms with Crippen LogP contribution in [-0.2, 0) is 0 Å². The number of hydrogen-bond acceptors (Lipinski definition) is 3. The Hall–Kier alpha value is -1.16. The highest BCUT2D eigenvalue weighted by Crippen LogP contribution is 2.16. The van der Waals surface area contributed by atoms with Crippen molar-refractivity contribution in [1.29, 1.82) is 0 Å². The van der Waals surface area contributed by atoms with E-state index in [1.807, 2.05) is 18.4 Å². The fourth-order valence-electron chi connectivity index (χ4n) is 0.788. The van der Waals surface area contributed by atoms with E-state index in [2.05, 4.69) is 0 Å². The first-order chi connectivity index (χ1) is 5.59. The molecule has 1 rings (SSSR count). The van der Waals surface area contributed by atoms with Gasteiger partial charge in [-0.1, -0.05) is 0 Å². The number of aryl methyl sites for hydroxylation is 1. The second-order valence-electron chi connectivity index (χ2n) is 2.57. The summed E-state index contributed by atoms with van der Waals surface area (Å²) in [6, 6.07) is 1.93. The summed E-state index contributed by atoms with van der Waals surface area (Å²) in [5, 5.41) is 12.2. The van der Waals surface area contributed by atoms with Gasteiger partial charge < -0.3 is 0 Å². The van der Waals surface area contributed by atoms with Crippen LogP contribution in [0, 0.1) is 17.0 Å². The maximum atomic E-state index is 10.3. The molecule has 4 heteroatoms. The lowest BCUT2D eigenvalue weighted by molar-refractivity contribution is -0.422. The lowest BCUT2D eigenvalue weighted by Crippen LogP contribution is -1.91. The van der Waals surface area contributed by atoms with Crippen LogP contribution in [0.4, 0.5) is 0 Å². The van der Waals surface area contributed by atoms with E-state index in [1.165, 1.54) is 18.3 Å². The quantitative estimate of drug-likeness (QED) is 0.522. The van der Waals surface area contributed by atoms with Crippen molar-refractivity contribution in [3.63, 3.8) is 0 Å². The highest BCUT2D eigenvalue weighted by atomic mass is 32.1. The molecule has 64 valence electrons. The van der Waals surface area contributed by atoms with E-state index in [0.717, 1.165) is 10.4 Å². The third-order valence-electron chi connectivity index (χ3n) is 1.39. The van der Waals surface area contributed by atoms with Gasteiger partial charge in [-0.2, -0.15) is 0 Å². The summed E-state index contributed by atoms with van der Waals surface area (Å²) in [7, 11) is 0.